The Hall–Kier alpha value is -0.595. The Balaban J connectivity index is 2.34. The number of carbonyl (C=O) groups is 1. The standard InChI is InChI=1S/C6H10BNO/c1-7-8-4-2-6(9)3-5-8/h1-5H2. The molecular weight excluding hydrogens is 113 g/mol. The maximum atomic E-state index is 10.7. The number of hydrogen-bond acceptors (Lipinski definition) is 2. The summed E-state index contributed by atoms with van der Waals surface area (Å²) in [7, 11) is 1.80. The minimum atomic E-state index is 0.383. The van der Waals surface area contributed by atoms with Gasteiger partial charge in [0.1, 0.15) is 0 Å². The van der Waals surface area contributed by atoms with Crippen molar-refractivity contribution < 1.29 is 4.79 Å². The monoisotopic (exact) mass is 123 g/mol. The van der Waals surface area contributed by atoms with Gasteiger partial charge in [-0.15, -0.1) is 0 Å². The second kappa shape index (κ2) is 2.81. The summed E-state index contributed by atoms with van der Waals surface area (Å²) in [5.41, 5.74) is 0. The van der Waals surface area contributed by atoms with Gasteiger partial charge in [0, 0.05) is 0 Å². The van der Waals surface area contributed by atoms with Gasteiger partial charge >= 0.3 is 54.8 Å². The summed E-state index contributed by atoms with van der Waals surface area (Å²) in [6.45, 7) is 5.35. The summed E-state index contributed by atoms with van der Waals surface area (Å²) in [6.07, 6.45) is 1.40. The van der Waals surface area contributed by atoms with Gasteiger partial charge in [-0.3, -0.25) is 0 Å². The molecule has 0 aromatic heterocycles. The van der Waals surface area contributed by atoms with Crippen LogP contribution in [0.2, 0.25) is 0 Å². The van der Waals surface area contributed by atoms with Crippen LogP contribution in [0.1, 0.15) is 12.8 Å². The van der Waals surface area contributed by atoms with E-state index in [2.05, 4.69) is 11.3 Å². The Labute approximate surface area is 55.8 Å². The van der Waals surface area contributed by atoms with Crippen LogP contribution in [0, 0.1) is 0 Å². The minimum absolute atomic E-state index is 0.383. The van der Waals surface area contributed by atoms with Crippen molar-refractivity contribution >= 4 is 19.3 Å². The van der Waals surface area contributed by atoms with Crippen LogP contribution in [0.5, 0.6) is 0 Å². The molecule has 0 N–H and O–H groups in total. The van der Waals surface area contributed by atoms with E-state index in [4.69, 9.17) is 0 Å². The molecule has 0 unspecified atom stereocenters. The molecule has 0 amide bonds. The maximum absolute atomic E-state index is 10.7. The summed E-state index contributed by atoms with van der Waals surface area (Å²) in [6, 6.07) is 0. The Morgan fingerprint density at radius 3 is 2.44 bits per heavy atom. The normalized spacial score (nSPS) is 19.6. The molecule has 1 fully saturated rings. The van der Waals surface area contributed by atoms with Gasteiger partial charge in [-0.05, 0) is 0 Å². The van der Waals surface area contributed by atoms with Gasteiger partial charge in [-0.1, -0.05) is 0 Å². The van der Waals surface area contributed by atoms with Crippen molar-refractivity contribution in [2.45, 2.75) is 12.8 Å². The molecule has 0 radical (unpaired) electrons. The first kappa shape index (κ1) is 6.52. The molecule has 1 aliphatic rings. The van der Waals surface area contributed by atoms with Crippen LogP contribution in [0.25, 0.3) is 0 Å². The van der Waals surface area contributed by atoms with Gasteiger partial charge in [0.05, 0.1) is 0 Å². The van der Waals surface area contributed by atoms with Crippen molar-refractivity contribution in [3.8, 4) is 0 Å². The van der Waals surface area contributed by atoms with Crippen LogP contribution in [0.3, 0.4) is 0 Å². The molecule has 2 nitrogen and oxygen atoms in total. The summed E-state index contributed by atoms with van der Waals surface area (Å²) in [5.74, 6) is 0.383. The van der Waals surface area contributed by atoms with Gasteiger partial charge < -0.3 is 0 Å². The van der Waals surface area contributed by atoms with E-state index in [0.29, 0.717) is 18.6 Å². The van der Waals surface area contributed by atoms with Crippen LogP contribution in [-0.4, -0.2) is 37.2 Å². The second-order valence-electron chi connectivity index (χ2n) is 2.26. The molecule has 0 saturated carbocycles. The molecular formula is C6H10BNO. The van der Waals surface area contributed by atoms with E-state index in [-0.39, 0.29) is 0 Å². The summed E-state index contributed by atoms with van der Waals surface area (Å²) >= 11 is 0. The Morgan fingerprint density at radius 2 is 2.00 bits per heavy atom. The van der Waals surface area contributed by atoms with Gasteiger partial charge in [0.2, 0.25) is 0 Å². The van der Waals surface area contributed by atoms with E-state index in [1.165, 1.54) is 0 Å². The Morgan fingerprint density at radius 1 is 1.44 bits per heavy atom. The summed E-state index contributed by atoms with van der Waals surface area (Å²) in [5, 5.41) is 0. The molecule has 48 valence electrons. The second-order valence-corrected chi connectivity index (χ2v) is 2.26. The fourth-order valence-electron chi connectivity index (χ4n) is 0.956. The number of Topliss-reactive ketones (excluding diaryl/α,β-unsaturated/α-hetero) is 1. The Kier molecular flexibility index (Phi) is 2.03. The fourth-order valence-corrected chi connectivity index (χ4v) is 0.956. The van der Waals surface area contributed by atoms with Gasteiger partial charge in [-0.2, -0.15) is 0 Å². The van der Waals surface area contributed by atoms with Crippen LogP contribution in [-0.2, 0) is 4.79 Å². The van der Waals surface area contributed by atoms with E-state index in [0.717, 1.165) is 13.1 Å². The van der Waals surface area contributed by atoms with Crippen molar-refractivity contribution in [1.29, 1.82) is 0 Å². The van der Waals surface area contributed by atoms with E-state index in [1.807, 2.05) is 0 Å². The molecule has 1 heterocycles. The number of ketones is 1. The average molecular weight is 123 g/mol. The summed E-state index contributed by atoms with van der Waals surface area (Å²) in [4.78, 5) is 12.7. The predicted molar refractivity (Wildman–Crippen MR) is 38.7 cm³/mol. The molecule has 0 aromatic rings. The van der Waals surface area contributed by atoms with Gasteiger partial charge in [0.25, 0.3) is 0 Å². The molecule has 1 saturated heterocycles. The fraction of sp³-hybridized carbons (Fsp3) is 0.667. The molecule has 3 heteroatoms. The van der Waals surface area contributed by atoms with Crippen LogP contribution in [0.15, 0.2) is 0 Å². The predicted octanol–water partition coefficient (Wildman–Crippen LogP) is -0.297. The van der Waals surface area contributed by atoms with E-state index in [1.54, 1.807) is 7.06 Å². The third-order valence-electron chi connectivity index (χ3n) is 1.61. The zero-order chi connectivity index (χ0) is 6.69. The number of piperidine rings is 1. The van der Waals surface area contributed by atoms with Crippen LogP contribution < -0.4 is 0 Å². The summed E-state index contributed by atoms with van der Waals surface area (Å²) < 4.78 is 0. The molecule has 0 spiro atoms. The van der Waals surface area contributed by atoms with Crippen molar-refractivity contribution in [2.75, 3.05) is 13.1 Å². The Bertz CT molecular complexity index is 125. The van der Waals surface area contributed by atoms with Crippen molar-refractivity contribution in [1.82, 2.24) is 4.81 Å². The van der Waals surface area contributed by atoms with Crippen molar-refractivity contribution in [2.24, 2.45) is 0 Å². The molecule has 1 rings (SSSR count). The first-order valence-corrected chi connectivity index (χ1v) is 3.21. The first-order chi connectivity index (χ1) is 4.33. The third-order valence-corrected chi connectivity index (χ3v) is 1.61. The first-order valence-electron chi connectivity index (χ1n) is 3.21. The number of carbonyl (C=O) groups excluding carboxylic acids is 1. The third kappa shape index (κ3) is 1.66. The zero-order valence-corrected chi connectivity index (χ0v) is 5.47. The van der Waals surface area contributed by atoms with Crippen molar-refractivity contribution in [3.05, 3.63) is 0 Å². The van der Waals surface area contributed by atoms with Crippen LogP contribution >= 0.6 is 0 Å². The SMILES string of the molecule is C=BN1CCC(=O)CC1. The van der Waals surface area contributed by atoms with E-state index >= 15 is 0 Å². The van der Waals surface area contributed by atoms with E-state index < -0.39 is 0 Å². The quantitative estimate of drug-likeness (QED) is 0.446. The number of hydrogen-bond donors (Lipinski definition) is 0. The molecule has 1 aliphatic heterocycles. The van der Waals surface area contributed by atoms with E-state index in [9.17, 15) is 4.79 Å². The topological polar surface area (TPSA) is 20.3 Å². The molecule has 0 atom stereocenters. The number of nitrogens with zero attached hydrogens (tertiary/aromatic N) is 1. The average Bonchev–Trinajstić information content (AvgIpc) is 1.90. The number of rotatable bonds is 1. The molecule has 9 heavy (non-hydrogen) atoms. The van der Waals surface area contributed by atoms with Crippen molar-refractivity contribution in [3.63, 3.8) is 0 Å². The van der Waals surface area contributed by atoms with Crippen LogP contribution in [0.4, 0.5) is 0 Å². The molecule has 0 aromatic carbocycles. The molecule has 0 aliphatic carbocycles. The van der Waals surface area contributed by atoms with Gasteiger partial charge in [-0.25, -0.2) is 0 Å². The van der Waals surface area contributed by atoms with Gasteiger partial charge in [0.15, 0.2) is 0 Å². The zero-order valence-electron chi connectivity index (χ0n) is 5.47. The molecule has 0 bridgehead atoms.